The highest BCUT2D eigenvalue weighted by Crippen LogP contribution is 2.25. The second-order valence-electron chi connectivity index (χ2n) is 7.56. The van der Waals surface area contributed by atoms with E-state index < -0.39 is 0 Å². The Kier molecular flexibility index (Phi) is 8.57. The number of pyridine rings is 1. The lowest BCUT2D eigenvalue weighted by Gasteiger charge is -2.38. The quantitative estimate of drug-likeness (QED) is 0.296. The van der Waals surface area contributed by atoms with Crippen molar-refractivity contribution in [3.8, 4) is 5.82 Å². The van der Waals surface area contributed by atoms with Gasteiger partial charge in [0.2, 0.25) is 0 Å². The van der Waals surface area contributed by atoms with Crippen molar-refractivity contribution in [2.75, 3.05) is 19.6 Å². The Morgan fingerprint density at radius 2 is 2.03 bits per heavy atom. The van der Waals surface area contributed by atoms with Crippen LogP contribution in [-0.4, -0.2) is 51.1 Å². The average Bonchev–Trinajstić information content (AvgIpc) is 3.32. The number of hydrogen-bond acceptors (Lipinski definition) is 4. The van der Waals surface area contributed by atoms with E-state index in [1.54, 1.807) is 24.7 Å². The topological polar surface area (TPSA) is 67.6 Å². The molecule has 7 nitrogen and oxygen atoms in total. The van der Waals surface area contributed by atoms with Crippen molar-refractivity contribution in [2.45, 2.75) is 32.6 Å². The molecule has 4 rings (SSSR count). The maximum absolute atomic E-state index is 13.3. The van der Waals surface area contributed by atoms with Crippen LogP contribution < -0.4 is 5.32 Å². The molecule has 0 bridgehead atoms. The molecular weight excluding hydrogens is 522 g/mol. The van der Waals surface area contributed by atoms with Gasteiger partial charge in [0.15, 0.2) is 5.96 Å². The molecule has 9 heteroatoms. The summed E-state index contributed by atoms with van der Waals surface area (Å²) in [4.78, 5) is 15.6. The zero-order valence-corrected chi connectivity index (χ0v) is 20.5. The van der Waals surface area contributed by atoms with Gasteiger partial charge in [0.05, 0.1) is 19.2 Å². The number of aromatic nitrogens is 3. The van der Waals surface area contributed by atoms with Crippen LogP contribution in [0.4, 0.5) is 4.39 Å². The van der Waals surface area contributed by atoms with Crippen molar-refractivity contribution in [3.05, 3.63) is 78.3 Å². The first-order chi connectivity index (χ1) is 15.1. The molecule has 1 fully saturated rings. The fraction of sp³-hybridized carbons (Fsp3) is 0.348. The van der Waals surface area contributed by atoms with Crippen molar-refractivity contribution in [1.29, 1.82) is 0 Å². The first-order valence-electron chi connectivity index (χ1n) is 10.5. The van der Waals surface area contributed by atoms with E-state index in [0.717, 1.165) is 36.0 Å². The minimum Gasteiger partial charge on any atom is -0.367 e. The SMILES string of the molecule is CCNC(=NCc1ccc(-n2ccnc2)nc1)N1CC(C)OC(c2ccc(F)cc2)C1.I. The molecule has 1 aliphatic heterocycles. The largest absolute Gasteiger partial charge is 0.367 e. The predicted molar refractivity (Wildman–Crippen MR) is 133 cm³/mol. The summed E-state index contributed by atoms with van der Waals surface area (Å²) in [5.41, 5.74) is 1.99. The number of nitrogens with zero attached hydrogens (tertiary/aromatic N) is 5. The van der Waals surface area contributed by atoms with Crippen LogP contribution in [0.3, 0.4) is 0 Å². The Labute approximate surface area is 204 Å². The number of rotatable bonds is 5. The van der Waals surface area contributed by atoms with Crippen LogP contribution in [0, 0.1) is 5.82 Å². The van der Waals surface area contributed by atoms with Gasteiger partial charge in [-0.05, 0) is 43.2 Å². The molecule has 1 saturated heterocycles. The van der Waals surface area contributed by atoms with Gasteiger partial charge in [-0.15, -0.1) is 24.0 Å². The van der Waals surface area contributed by atoms with Gasteiger partial charge < -0.3 is 15.0 Å². The standard InChI is InChI=1S/C23H27FN6O.HI/c1-3-26-23(28-13-18-4-9-22(27-12-18)29-11-10-25-16-29)30-14-17(2)31-21(15-30)19-5-7-20(24)8-6-19;/h4-12,16-17,21H,3,13-15H2,1-2H3,(H,26,28);1H. The molecule has 170 valence electrons. The van der Waals surface area contributed by atoms with Gasteiger partial charge in [-0.25, -0.2) is 19.4 Å². The minimum atomic E-state index is -0.243. The number of hydrogen-bond donors (Lipinski definition) is 1. The predicted octanol–water partition coefficient (Wildman–Crippen LogP) is 3.95. The molecule has 0 spiro atoms. The summed E-state index contributed by atoms with van der Waals surface area (Å²) in [6, 6.07) is 10.5. The Bertz CT molecular complexity index is 994. The van der Waals surface area contributed by atoms with E-state index in [1.165, 1.54) is 12.1 Å². The van der Waals surface area contributed by atoms with Crippen molar-refractivity contribution < 1.29 is 9.13 Å². The first kappa shape index (κ1) is 24.1. The van der Waals surface area contributed by atoms with E-state index in [1.807, 2.05) is 36.0 Å². The number of ether oxygens (including phenoxy) is 1. The highest BCUT2D eigenvalue weighted by Gasteiger charge is 2.28. The van der Waals surface area contributed by atoms with Crippen LogP contribution in [0.5, 0.6) is 0 Å². The molecule has 1 N–H and O–H groups in total. The number of imidazole rings is 1. The summed E-state index contributed by atoms with van der Waals surface area (Å²) in [7, 11) is 0. The molecule has 0 amide bonds. The maximum Gasteiger partial charge on any atom is 0.194 e. The number of benzene rings is 1. The lowest BCUT2D eigenvalue weighted by molar-refractivity contribution is -0.0605. The monoisotopic (exact) mass is 550 g/mol. The molecule has 2 unspecified atom stereocenters. The fourth-order valence-corrected chi connectivity index (χ4v) is 3.64. The van der Waals surface area contributed by atoms with Gasteiger partial charge in [0, 0.05) is 31.7 Å². The van der Waals surface area contributed by atoms with E-state index in [-0.39, 0.29) is 42.0 Å². The molecular formula is C23H28FIN6O. The van der Waals surface area contributed by atoms with E-state index >= 15 is 0 Å². The lowest BCUT2D eigenvalue weighted by atomic mass is 10.1. The van der Waals surface area contributed by atoms with Crippen molar-refractivity contribution in [2.24, 2.45) is 4.99 Å². The Balaban J connectivity index is 0.00000289. The van der Waals surface area contributed by atoms with Crippen LogP contribution in [0.1, 0.15) is 31.1 Å². The van der Waals surface area contributed by atoms with E-state index in [4.69, 9.17) is 9.73 Å². The van der Waals surface area contributed by atoms with E-state index in [2.05, 4.69) is 27.1 Å². The third-order valence-corrected chi connectivity index (χ3v) is 5.13. The van der Waals surface area contributed by atoms with E-state index in [9.17, 15) is 4.39 Å². The molecule has 1 aromatic carbocycles. The van der Waals surface area contributed by atoms with Gasteiger partial charge in [0.1, 0.15) is 24.1 Å². The first-order valence-corrected chi connectivity index (χ1v) is 10.5. The highest BCUT2D eigenvalue weighted by molar-refractivity contribution is 14.0. The Hall–Kier alpha value is -2.53. The van der Waals surface area contributed by atoms with Gasteiger partial charge >= 0.3 is 0 Å². The molecule has 2 aromatic heterocycles. The molecule has 1 aliphatic rings. The second kappa shape index (κ2) is 11.4. The number of aliphatic imine (C=N–C) groups is 1. The van der Waals surface area contributed by atoms with Crippen molar-refractivity contribution >= 4 is 29.9 Å². The smallest absolute Gasteiger partial charge is 0.194 e. The highest BCUT2D eigenvalue weighted by atomic mass is 127. The zero-order chi connectivity index (χ0) is 21.6. The summed E-state index contributed by atoms with van der Waals surface area (Å²) in [5, 5.41) is 3.39. The van der Waals surface area contributed by atoms with E-state index in [0.29, 0.717) is 13.1 Å². The van der Waals surface area contributed by atoms with Crippen LogP contribution in [0.25, 0.3) is 5.82 Å². The third-order valence-electron chi connectivity index (χ3n) is 5.13. The molecule has 2 atom stereocenters. The molecule has 0 saturated carbocycles. The van der Waals surface area contributed by atoms with Gasteiger partial charge in [-0.1, -0.05) is 18.2 Å². The maximum atomic E-state index is 13.3. The Morgan fingerprint density at radius 3 is 2.69 bits per heavy atom. The van der Waals surface area contributed by atoms with Gasteiger partial charge in [-0.2, -0.15) is 0 Å². The Morgan fingerprint density at radius 1 is 1.22 bits per heavy atom. The third kappa shape index (κ3) is 6.04. The summed E-state index contributed by atoms with van der Waals surface area (Å²) in [6.07, 6.45) is 7.05. The fourth-order valence-electron chi connectivity index (χ4n) is 3.64. The molecule has 0 aliphatic carbocycles. The minimum absolute atomic E-state index is 0. The second-order valence-corrected chi connectivity index (χ2v) is 7.56. The molecule has 0 radical (unpaired) electrons. The van der Waals surface area contributed by atoms with Crippen LogP contribution in [0.15, 0.2) is 66.3 Å². The summed E-state index contributed by atoms with van der Waals surface area (Å²) >= 11 is 0. The molecule has 32 heavy (non-hydrogen) atoms. The van der Waals surface area contributed by atoms with Gasteiger partial charge in [0.25, 0.3) is 0 Å². The number of nitrogens with one attached hydrogen (secondary N) is 1. The lowest BCUT2D eigenvalue weighted by Crippen LogP contribution is -2.50. The van der Waals surface area contributed by atoms with Crippen LogP contribution in [-0.2, 0) is 11.3 Å². The van der Waals surface area contributed by atoms with Crippen LogP contribution in [0.2, 0.25) is 0 Å². The number of guanidine groups is 1. The molecule has 3 aromatic rings. The summed E-state index contributed by atoms with van der Waals surface area (Å²) < 4.78 is 21.3. The number of morpholine rings is 1. The molecule has 3 heterocycles. The average molecular weight is 550 g/mol. The van der Waals surface area contributed by atoms with Gasteiger partial charge in [-0.3, -0.25) is 4.57 Å². The number of halogens is 2. The summed E-state index contributed by atoms with van der Waals surface area (Å²) in [6.45, 7) is 6.78. The normalized spacial score (nSPS) is 18.8. The zero-order valence-electron chi connectivity index (χ0n) is 18.2. The summed E-state index contributed by atoms with van der Waals surface area (Å²) in [5.74, 6) is 1.41. The van der Waals surface area contributed by atoms with Crippen LogP contribution >= 0.6 is 24.0 Å². The van der Waals surface area contributed by atoms with Crippen molar-refractivity contribution in [1.82, 2.24) is 24.8 Å². The van der Waals surface area contributed by atoms with Crippen molar-refractivity contribution in [3.63, 3.8) is 0 Å².